The second-order valence-corrected chi connectivity index (χ2v) is 15.6. The van der Waals surface area contributed by atoms with E-state index < -0.39 is 0 Å². The van der Waals surface area contributed by atoms with Gasteiger partial charge in [-0.2, -0.15) is 0 Å². The molecule has 0 fully saturated rings. The fraction of sp³-hybridized carbons (Fsp3) is 0. The van der Waals surface area contributed by atoms with E-state index in [0.29, 0.717) is 0 Å². The predicted octanol–water partition coefficient (Wildman–Crippen LogP) is 15.1. The summed E-state index contributed by atoms with van der Waals surface area (Å²) in [5.74, 6) is 0. The smallest absolute Gasteiger partial charge is 0.0801 e. The molecular weight excluding hydrogens is 701 g/mol. The van der Waals surface area contributed by atoms with Crippen molar-refractivity contribution in [3.63, 3.8) is 0 Å². The first-order chi connectivity index (χ1) is 28.8. The van der Waals surface area contributed by atoms with Gasteiger partial charge in [0.1, 0.15) is 0 Å². The van der Waals surface area contributed by atoms with E-state index in [1.807, 2.05) is 0 Å². The summed E-state index contributed by atoms with van der Waals surface area (Å²) in [5, 5.41) is 7.45. The zero-order chi connectivity index (χ0) is 37.9. The average molecular weight is 733 g/mol. The molecule has 2 aromatic heterocycles. The zero-order valence-electron chi connectivity index (χ0n) is 31.4. The third-order valence-electron chi connectivity index (χ3n) is 12.5. The van der Waals surface area contributed by atoms with Gasteiger partial charge < -0.3 is 0 Å². The van der Waals surface area contributed by atoms with Gasteiger partial charge in [-0.05, 0) is 78.2 Å². The lowest BCUT2D eigenvalue weighted by Gasteiger charge is -2.16. The van der Waals surface area contributed by atoms with Crippen LogP contribution < -0.4 is 0 Å². The quantitative estimate of drug-likeness (QED) is 0.180. The van der Waals surface area contributed by atoms with E-state index in [4.69, 9.17) is 9.97 Å². The van der Waals surface area contributed by atoms with Crippen LogP contribution in [-0.2, 0) is 0 Å². The predicted molar refractivity (Wildman–Crippen MR) is 243 cm³/mol. The van der Waals surface area contributed by atoms with Crippen molar-refractivity contribution < 1.29 is 0 Å². The third kappa shape index (κ3) is 4.37. The Morgan fingerprint density at radius 2 is 0.586 bits per heavy atom. The highest BCUT2D eigenvalue weighted by Gasteiger charge is 2.29. The summed E-state index contributed by atoms with van der Waals surface area (Å²) in [7, 11) is 0. The lowest BCUT2D eigenvalue weighted by molar-refractivity contribution is 1.42. The number of benzene rings is 9. The van der Waals surface area contributed by atoms with E-state index in [1.54, 1.807) is 0 Å². The molecule has 2 nitrogen and oxygen atoms in total. The first-order valence-electron chi connectivity index (χ1n) is 20.0. The Kier molecular flexibility index (Phi) is 6.47. The number of fused-ring (bicyclic) bond motifs is 8. The largest absolute Gasteiger partial charge is 0.247 e. The molecule has 2 aliphatic carbocycles. The molecule has 13 rings (SSSR count). The Hall–Kier alpha value is -7.68. The van der Waals surface area contributed by atoms with Crippen LogP contribution in [0.1, 0.15) is 0 Å². The van der Waals surface area contributed by atoms with Crippen LogP contribution in [0.2, 0.25) is 0 Å². The lowest BCUT2D eigenvalue weighted by atomic mass is 9.89. The van der Waals surface area contributed by atoms with Crippen LogP contribution >= 0.6 is 0 Å². The third-order valence-corrected chi connectivity index (χ3v) is 12.5. The normalized spacial score (nSPS) is 12.1. The van der Waals surface area contributed by atoms with E-state index in [0.717, 1.165) is 22.4 Å². The molecule has 0 saturated carbocycles. The number of aromatic nitrogens is 2. The number of hydrogen-bond acceptors (Lipinski definition) is 2. The van der Waals surface area contributed by atoms with Crippen molar-refractivity contribution in [2.45, 2.75) is 0 Å². The Bertz CT molecular complexity index is 3290. The Morgan fingerprint density at radius 1 is 0.241 bits per heavy atom. The van der Waals surface area contributed by atoms with E-state index in [-0.39, 0.29) is 0 Å². The van der Waals surface area contributed by atoms with E-state index in [2.05, 4.69) is 194 Å². The van der Waals surface area contributed by atoms with Gasteiger partial charge >= 0.3 is 0 Å². The van der Waals surface area contributed by atoms with Crippen molar-refractivity contribution in [3.8, 4) is 89.3 Å². The fourth-order valence-electron chi connectivity index (χ4n) is 10.1. The molecule has 0 radical (unpaired) electrons. The SMILES string of the molecule is c1ccc(-c2ccc(-c3c4c(nc5ccccc35)-c3cccc5cccc-4c35)cc2)c(-c2ccc(-c3c4c(nc5ccccc35)-c3cccc5cccc-4c35)cc2)c1. The van der Waals surface area contributed by atoms with Crippen molar-refractivity contribution in [2.24, 2.45) is 0 Å². The minimum Gasteiger partial charge on any atom is -0.247 e. The van der Waals surface area contributed by atoms with Crippen molar-refractivity contribution in [2.75, 3.05) is 0 Å². The molecule has 266 valence electrons. The Labute approximate surface area is 335 Å². The van der Waals surface area contributed by atoms with Gasteiger partial charge in [-0.3, -0.25) is 0 Å². The van der Waals surface area contributed by atoms with Gasteiger partial charge in [0.15, 0.2) is 0 Å². The molecule has 9 aromatic carbocycles. The van der Waals surface area contributed by atoms with Crippen molar-refractivity contribution in [3.05, 3.63) is 194 Å². The second-order valence-electron chi connectivity index (χ2n) is 15.6. The molecule has 0 atom stereocenters. The maximum atomic E-state index is 5.26. The van der Waals surface area contributed by atoms with Gasteiger partial charge in [0.2, 0.25) is 0 Å². The molecule has 11 aromatic rings. The summed E-state index contributed by atoms with van der Waals surface area (Å²) < 4.78 is 0. The van der Waals surface area contributed by atoms with Crippen LogP contribution in [0.3, 0.4) is 0 Å². The van der Waals surface area contributed by atoms with Gasteiger partial charge in [0.05, 0.1) is 22.4 Å². The molecule has 0 amide bonds. The molecule has 0 N–H and O–H groups in total. The fourth-order valence-corrected chi connectivity index (χ4v) is 10.1. The highest BCUT2D eigenvalue weighted by atomic mass is 14.7. The second kappa shape index (κ2) is 11.9. The van der Waals surface area contributed by atoms with Crippen LogP contribution in [0, 0.1) is 0 Å². The molecule has 2 aliphatic rings. The summed E-state index contributed by atoms with van der Waals surface area (Å²) in [6.07, 6.45) is 0. The van der Waals surface area contributed by atoms with Crippen molar-refractivity contribution in [1.29, 1.82) is 0 Å². The standard InChI is InChI=1S/C56H32N2/c1-2-16-40(34-27-31-38(32-28-34)52-42-18-4-6-24-48(42)58-56-46-22-10-14-36-12-8-20-44(50(36)46)54(52)56)39(15-1)33-25-29-37(30-26-33)51-41-17-3-5-23-47(41)57-55-45-21-9-13-35-11-7-19-43(49(35)45)53(51)55/h1-32H. The van der Waals surface area contributed by atoms with E-state index >= 15 is 0 Å². The van der Waals surface area contributed by atoms with Gasteiger partial charge in [-0.25, -0.2) is 9.97 Å². The van der Waals surface area contributed by atoms with Gasteiger partial charge in [0.25, 0.3) is 0 Å². The summed E-state index contributed by atoms with van der Waals surface area (Å²) in [4.78, 5) is 10.5. The van der Waals surface area contributed by atoms with Crippen molar-refractivity contribution in [1.82, 2.24) is 9.97 Å². The maximum Gasteiger partial charge on any atom is 0.0801 e. The average Bonchev–Trinajstić information content (AvgIpc) is 3.79. The summed E-state index contributed by atoms with van der Waals surface area (Å²) >= 11 is 0. The van der Waals surface area contributed by atoms with Crippen molar-refractivity contribution >= 4 is 43.4 Å². The molecule has 58 heavy (non-hydrogen) atoms. The minimum atomic E-state index is 1.02. The summed E-state index contributed by atoms with van der Waals surface area (Å²) in [6, 6.07) is 70.7. The van der Waals surface area contributed by atoms with Crippen LogP contribution in [0.4, 0.5) is 0 Å². The molecule has 0 aliphatic heterocycles. The number of para-hydroxylation sites is 2. The number of nitrogens with zero attached hydrogens (tertiary/aromatic N) is 2. The number of rotatable bonds is 4. The summed E-state index contributed by atoms with van der Waals surface area (Å²) in [6.45, 7) is 0. The Morgan fingerprint density at radius 3 is 1.02 bits per heavy atom. The molecule has 2 heteroatoms. The maximum absolute atomic E-state index is 5.26. The molecule has 0 spiro atoms. The first kappa shape index (κ1) is 31.5. The highest BCUT2D eigenvalue weighted by molar-refractivity contribution is 6.22. The van der Waals surface area contributed by atoms with Crippen LogP contribution in [0.5, 0.6) is 0 Å². The molecule has 0 unspecified atom stereocenters. The molecule has 2 heterocycles. The molecular formula is C56H32N2. The molecule has 0 saturated heterocycles. The Balaban J connectivity index is 0.920. The van der Waals surface area contributed by atoms with E-state index in [9.17, 15) is 0 Å². The number of hydrogen-bond donors (Lipinski definition) is 0. The highest BCUT2D eigenvalue weighted by Crippen LogP contribution is 2.54. The first-order valence-corrected chi connectivity index (χ1v) is 20.0. The van der Waals surface area contributed by atoms with E-state index in [1.165, 1.54) is 110 Å². The lowest BCUT2D eigenvalue weighted by Crippen LogP contribution is -1.93. The topological polar surface area (TPSA) is 25.8 Å². The van der Waals surface area contributed by atoms with Crippen LogP contribution in [0.25, 0.3) is 133 Å². The zero-order valence-corrected chi connectivity index (χ0v) is 31.4. The molecule has 0 bridgehead atoms. The monoisotopic (exact) mass is 732 g/mol. The minimum absolute atomic E-state index is 1.02. The summed E-state index contributed by atoms with van der Waals surface area (Å²) in [5.41, 5.74) is 21.3. The van der Waals surface area contributed by atoms with Gasteiger partial charge in [-0.15, -0.1) is 0 Å². The van der Waals surface area contributed by atoms with Gasteiger partial charge in [-0.1, -0.05) is 182 Å². The van der Waals surface area contributed by atoms with Crippen LogP contribution in [-0.4, -0.2) is 9.97 Å². The van der Waals surface area contributed by atoms with Gasteiger partial charge in [0, 0.05) is 44.2 Å². The van der Waals surface area contributed by atoms with Crippen LogP contribution in [0.15, 0.2) is 194 Å². The number of pyridine rings is 2.